The summed E-state index contributed by atoms with van der Waals surface area (Å²) in [5, 5.41) is 0. The number of hydrogen-bond acceptors (Lipinski definition) is 7. The van der Waals surface area contributed by atoms with Crippen LogP contribution in [0.15, 0.2) is 33.7 Å². The number of ether oxygens (including phenoxy) is 2. The van der Waals surface area contributed by atoms with Crippen molar-refractivity contribution in [2.75, 3.05) is 20.3 Å². The van der Waals surface area contributed by atoms with Crippen LogP contribution in [0.2, 0.25) is 0 Å². The molecule has 1 N–H and O–H groups in total. The van der Waals surface area contributed by atoms with Crippen LogP contribution in [0.3, 0.4) is 0 Å². The molecule has 2 rings (SSSR count). The average molecular weight is 376 g/mol. The van der Waals surface area contributed by atoms with E-state index in [1.807, 2.05) is 0 Å². The van der Waals surface area contributed by atoms with Crippen molar-refractivity contribution in [1.29, 1.82) is 0 Å². The summed E-state index contributed by atoms with van der Waals surface area (Å²) in [7, 11) is -2.04. The molecule has 2 heterocycles. The molecule has 4 atom stereocenters. The lowest BCUT2D eigenvalue weighted by Crippen LogP contribution is -2.35. The number of nitrogens with zero attached hydrogens (tertiary/aromatic N) is 1. The Kier molecular flexibility index (Phi) is 6.39. The molecule has 9 nitrogen and oxygen atoms in total. The van der Waals surface area contributed by atoms with E-state index in [9.17, 15) is 14.2 Å². The second kappa shape index (κ2) is 8.73. The summed E-state index contributed by atoms with van der Waals surface area (Å²) >= 11 is 0. The van der Waals surface area contributed by atoms with Crippen LogP contribution >= 0.6 is 7.60 Å². The zero-order valence-corrected chi connectivity index (χ0v) is 15.2. The number of aromatic nitrogens is 2. The monoisotopic (exact) mass is 376 g/mol. The Labute approximate surface area is 146 Å². The van der Waals surface area contributed by atoms with Crippen molar-refractivity contribution in [1.82, 2.24) is 9.55 Å². The molecule has 0 amide bonds. The maximum Gasteiger partial charge on any atom is 0.353 e. The largest absolute Gasteiger partial charge is 0.377 e. The maximum absolute atomic E-state index is 12.5. The first kappa shape index (κ1) is 18.3. The molecule has 25 heavy (non-hydrogen) atoms. The molecule has 0 aromatic carbocycles. The number of methoxy groups -OCH3 is 1. The molecule has 1 unspecified atom stereocenters. The molecule has 1 aromatic heterocycles. The van der Waals surface area contributed by atoms with Crippen LogP contribution in [-0.2, 0) is 23.1 Å². The molecule has 0 bridgehead atoms. The first-order valence-electron chi connectivity index (χ1n) is 8.43. The summed E-state index contributed by atoms with van der Waals surface area (Å²) in [6.07, 6.45) is -0.684. The molecule has 1 aliphatic rings. The van der Waals surface area contributed by atoms with Gasteiger partial charge in [-0.1, -0.05) is 0 Å². The summed E-state index contributed by atoms with van der Waals surface area (Å²) in [5.41, 5.74) is -1.21. The van der Waals surface area contributed by atoms with Crippen molar-refractivity contribution < 1.29 is 24.5 Å². The van der Waals surface area contributed by atoms with Crippen molar-refractivity contribution in [3.05, 3.63) is 45.0 Å². The van der Waals surface area contributed by atoms with Crippen LogP contribution in [0.25, 0.3) is 0 Å². The van der Waals surface area contributed by atoms with Crippen LogP contribution in [-0.4, -0.2) is 42.1 Å². The van der Waals surface area contributed by atoms with Gasteiger partial charge in [0.2, 0.25) is 0 Å². The van der Waals surface area contributed by atoms with Crippen molar-refractivity contribution in [3.8, 4) is 0 Å². The Morgan fingerprint density at radius 1 is 1.44 bits per heavy atom. The zero-order chi connectivity index (χ0) is 19.3. The average Bonchev–Trinajstić information content (AvgIpc) is 2.89. The van der Waals surface area contributed by atoms with Gasteiger partial charge in [-0.25, -0.2) is 4.79 Å². The number of aromatic amines is 1. The summed E-state index contributed by atoms with van der Waals surface area (Å²) in [6, 6.07) is 1.18. The first-order chi connectivity index (χ1) is 12.3. The van der Waals surface area contributed by atoms with Gasteiger partial charge in [0.25, 0.3) is 5.56 Å². The predicted molar refractivity (Wildman–Crippen MR) is 90.6 cm³/mol. The fourth-order valence-corrected chi connectivity index (χ4v) is 3.74. The molecular weight excluding hydrogens is 351 g/mol. The Morgan fingerprint density at radius 3 is 2.68 bits per heavy atom. The van der Waals surface area contributed by atoms with Gasteiger partial charge in [0, 0.05) is 33.0 Å². The number of rotatable bonds is 8. The van der Waals surface area contributed by atoms with Gasteiger partial charge in [-0.2, -0.15) is 0 Å². The lowest BCUT2D eigenvalue weighted by atomic mass is 10.2. The minimum Gasteiger partial charge on any atom is -0.377 e. The molecule has 0 spiro atoms. The summed E-state index contributed by atoms with van der Waals surface area (Å²) < 4.78 is 43.3. The van der Waals surface area contributed by atoms with E-state index < -0.39 is 43.7 Å². The van der Waals surface area contributed by atoms with Crippen molar-refractivity contribution in [2.24, 2.45) is 0 Å². The third-order valence-electron chi connectivity index (χ3n) is 3.43. The van der Waals surface area contributed by atoms with Gasteiger partial charge >= 0.3 is 13.3 Å². The molecule has 140 valence electrons. The second-order valence-electron chi connectivity index (χ2n) is 5.12. The second-order valence-corrected chi connectivity index (χ2v) is 7.01. The smallest absolute Gasteiger partial charge is 0.353 e. The molecule has 1 aliphatic heterocycles. The minimum absolute atomic E-state index is 0.202. The molecule has 0 saturated carbocycles. The van der Waals surface area contributed by atoms with Gasteiger partial charge in [0.05, 0.1) is 19.3 Å². The van der Waals surface area contributed by atoms with Crippen LogP contribution in [0.5, 0.6) is 0 Å². The lowest BCUT2D eigenvalue weighted by molar-refractivity contribution is -0.0431. The lowest BCUT2D eigenvalue weighted by Gasteiger charge is -2.19. The summed E-state index contributed by atoms with van der Waals surface area (Å²) in [5.74, 6) is 1.26. The standard InChI is InChI=1S/C15H23N2O7P/c1-4-22-25(20,23-5-2)9-7-11-10-12(21-3)14(24-11)17-8-6-13(18)16-15(17)19/h6-9,11-12,14H,4-5,10H2,1-3H3,(H,16,18,19)/b9-7+/t11-,12+,14-/m1/s1/i10T/t10?,11-,12+,14-. The van der Waals surface area contributed by atoms with Gasteiger partial charge in [-0.05, 0) is 19.9 Å². The van der Waals surface area contributed by atoms with E-state index in [4.69, 9.17) is 19.9 Å². The molecule has 1 aromatic rings. The Morgan fingerprint density at radius 2 is 2.12 bits per heavy atom. The third-order valence-corrected chi connectivity index (χ3v) is 5.20. The molecule has 0 radical (unpaired) electrons. The fraction of sp³-hybridized carbons (Fsp3) is 0.600. The summed E-state index contributed by atoms with van der Waals surface area (Å²) in [6.45, 7) is 3.79. The van der Waals surface area contributed by atoms with E-state index in [-0.39, 0.29) is 13.2 Å². The van der Waals surface area contributed by atoms with Crippen LogP contribution < -0.4 is 11.2 Å². The van der Waals surface area contributed by atoms with Crippen molar-refractivity contribution in [3.63, 3.8) is 0 Å². The van der Waals surface area contributed by atoms with Crippen molar-refractivity contribution in [2.45, 2.75) is 38.7 Å². The van der Waals surface area contributed by atoms with E-state index in [0.29, 0.717) is 0 Å². The van der Waals surface area contributed by atoms with E-state index in [2.05, 4.69) is 4.98 Å². The van der Waals surface area contributed by atoms with Crippen LogP contribution in [0.1, 0.15) is 27.8 Å². The van der Waals surface area contributed by atoms with Gasteiger partial charge < -0.3 is 18.5 Å². The SMILES string of the molecule is [3H]C1[C@@H](/C=C/P(=O)(OCC)OCC)O[C@@H](n2ccc(=O)[nH]c2=O)[C@H]1OC. The van der Waals surface area contributed by atoms with Gasteiger partial charge in [0.15, 0.2) is 6.23 Å². The van der Waals surface area contributed by atoms with E-state index in [1.165, 1.54) is 31.3 Å². The molecule has 1 saturated heterocycles. The van der Waals surface area contributed by atoms with E-state index in [1.54, 1.807) is 13.8 Å². The Bertz CT molecular complexity index is 783. The normalized spacial score (nSPS) is 27.7. The highest BCUT2D eigenvalue weighted by Gasteiger charge is 2.36. The predicted octanol–water partition coefficient (Wildman–Crippen LogP) is 1.62. The number of nitrogens with one attached hydrogen (secondary N) is 1. The van der Waals surface area contributed by atoms with Crippen molar-refractivity contribution >= 4 is 7.60 Å². The molecular formula is C15H23N2O7P. The van der Waals surface area contributed by atoms with Gasteiger partial charge in [0.1, 0.15) is 6.10 Å². The topological polar surface area (TPSA) is 109 Å². The van der Waals surface area contributed by atoms with E-state index >= 15 is 0 Å². The Hall–Kier alpha value is -1.51. The third kappa shape index (κ3) is 4.99. The highest BCUT2D eigenvalue weighted by Crippen LogP contribution is 2.50. The van der Waals surface area contributed by atoms with E-state index in [0.717, 1.165) is 4.57 Å². The highest BCUT2D eigenvalue weighted by molar-refractivity contribution is 7.57. The number of hydrogen-bond donors (Lipinski definition) is 1. The zero-order valence-electron chi connectivity index (χ0n) is 15.3. The fourth-order valence-electron chi connectivity index (χ4n) is 2.40. The maximum atomic E-state index is 12.5. The van der Waals surface area contributed by atoms with Gasteiger partial charge in [-0.3, -0.25) is 18.9 Å². The molecule has 0 aliphatic carbocycles. The molecule has 1 fully saturated rings. The molecule has 10 heteroatoms. The number of H-pyrrole nitrogens is 1. The first-order valence-corrected chi connectivity index (χ1v) is 9.46. The Balaban J connectivity index is 2.27. The quantitative estimate of drug-likeness (QED) is 0.687. The van der Waals surface area contributed by atoms with Crippen LogP contribution in [0.4, 0.5) is 0 Å². The summed E-state index contributed by atoms with van der Waals surface area (Å²) in [4.78, 5) is 25.4. The van der Waals surface area contributed by atoms with Crippen LogP contribution in [0, 0.1) is 0 Å². The minimum atomic E-state index is -3.44. The van der Waals surface area contributed by atoms with Gasteiger partial charge in [-0.15, -0.1) is 0 Å². The highest BCUT2D eigenvalue weighted by atomic mass is 31.2.